The van der Waals surface area contributed by atoms with Gasteiger partial charge in [-0.2, -0.15) is 5.10 Å². The highest BCUT2D eigenvalue weighted by atomic mass is 127. The average molecular weight is 507 g/mol. The first-order chi connectivity index (χ1) is 10.9. The Balaban J connectivity index is 0.00000288. The number of halogens is 2. The van der Waals surface area contributed by atoms with E-state index in [1.54, 1.807) is 18.1 Å². The molecular weight excluding hydrogens is 483 g/mol. The summed E-state index contributed by atoms with van der Waals surface area (Å²) in [6.45, 7) is 5.75. The lowest BCUT2D eigenvalue weighted by Gasteiger charge is -2.27. The van der Waals surface area contributed by atoms with Gasteiger partial charge in [-0.3, -0.25) is 9.67 Å². The van der Waals surface area contributed by atoms with E-state index in [9.17, 15) is 0 Å². The zero-order valence-corrected chi connectivity index (χ0v) is 18.3. The molecule has 0 radical (unpaired) electrons. The summed E-state index contributed by atoms with van der Waals surface area (Å²) in [5.41, 5.74) is 1.25. The van der Waals surface area contributed by atoms with Crippen LogP contribution in [0.4, 0.5) is 0 Å². The third kappa shape index (κ3) is 5.73. The van der Waals surface area contributed by atoms with E-state index >= 15 is 0 Å². The number of aromatic nitrogens is 3. The molecule has 8 heteroatoms. The van der Waals surface area contributed by atoms with Crippen molar-refractivity contribution >= 4 is 45.9 Å². The van der Waals surface area contributed by atoms with Crippen molar-refractivity contribution in [2.45, 2.75) is 25.8 Å². The van der Waals surface area contributed by atoms with Gasteiger partial charge in [0, 0.05) is 30.5 Å². The molecule has 1 aromatic heterocycles. The number of hydrogen-bond acceptors (Lipinski definition) is 3. The van der Waals surface area contributed by atoms with Crippen molar-refractivity contribution in [3.63, 3.8) is 0 Å². The van der Waals surface area contributed by atoms with Crippen LogP contribution in [-0.4, -0.2) is 34.3 Å². The fraction of sp³-hybridized carbons (Fsp3) is 0.438. The van der Waals surface area contributed by atoms with E-state index in [0.29, 0.717) is 6.54 Å². The Kier molecular flexibility index (Phi) is 8.14. The molecule has 1 aromatic carbocycles. The molecule has 0 bridgehead atoms. The van der Waals surface area contributed by atoms with Gasteiger partial charge in [-0.1, -0.05) is 41.9 Å². The number of rotatable bonds is 5. The standard InChI is InChI=1S/C16H23BrN6.HI/c1-16(2,12-6-5-7-13(17)8-12)10-20-15(18-3)19-9-14-21-11-22-23(14)4;/h5-8,11H,9-10H2,1-4H3,(H2,18,19,20);1H. The maximum atomic E-state index is 4.26. The number of nitrogens with one attached hydrogen (secondary N) is 2. The Morgan fingerprint density at radius 2 is 2.08 bits per heavy atom. The molecule has 2 aromatic rings. The molecule has 0 spiro atoms. The fourth-order valence-electron chi connectivity index (χ4n) is 2.18. The summed E-state index contributed by atoms with van der Waals surface area (Å²) in [7, 11) is 3.63. The Morgan fingerprint density at radius 3 is 2.67 bits per heavy atom. The Bertz CT molecular complexity index is 683. The third-order valence-electron chi connectivity index (χ3n) is 3.75. The predicted octanol–water partition coefficient (Wildman–Crippen LogP) is 2.84. The molecule has 6 nitrogen and oxygen atoms in total. The molecule has 2 rings (SSSR count). The van der Waals surface area contributed by atoms with Crippen LogP contribution in [0.5, 0.6) is 0 Å². The molecule has 0 saturated heterocycles. The van der Waals surface area contributed by atoms with Crippen LogP contribution in [0.1, 0.15) is 25.2 Å². The summed E-state index contributed by atoms with van der Waals surface area (Å²) in [5, 5.41) is 10.7. The molecule has 0 aliphatic carbocycles. The second-order valence-corrected chi connectivity index (χ2v) is 6.89. The zero-order valence-electron chi connectivity index (χ0n) is 14.4. The molecule has 24 heavy (non-hydrogen) atoms. The van der Waals surface area contributed by atoms with E-state index in [2.05, 4.69) is 73.7 Å². The molecule has 0 atom stereocenters. The number of nitrogens with zero attached hydrogens (tertiary/aromatic N) is 4. The van der Waals surface area contributed by atoms with Gasteiger partial charge in [0.1, 0.15) is 12.2 Å². The third-order valence-corrected chi connectivity index (χ3v) is 4.24. The highest BCUT2D eigenvalue weighted by Crippen LogP contribution is 2.24. The van der Waals surface area contributed by atoms with Gasteiger partial charge in [0.2, 0.25) is 0 Å². The van der Waals surface area contributed by atoms with Gasteiger partial charge >= 0.3 is 0 Å². The van der Waals surface area contributed by atoms with Crippen LogP contribution in [0.25, 0.3) is 0 Å². The van der Waals surface area contributed by atoms with Gasteiger partial charge in [0.05, 0.1) is 6.54 Å². The smallest absolute Gasteiger partial charge is 0.191 e. The van der Waals surface area contributed by atoms with Crippen LogP contribution in [0.2, 0.25) is 0 Å². The Morgan fingerprint density at radius 1 is 1.33 bits per heavy atom. The van der Waals surface area contributed by atoms with Crippen molar-refractivity contribution in [2.24, 2.45) is 12.0 Å². The lowest BCUT2D eigenvalue weighted by atomic mass is 9.85. The quantitative estimate of drug-likeness (QED) is 0.372. The summed E-state index contributed by atoms with van der Waals surface area (Å²) >= 11 is 3.53. The van der Waals surface area contributed by atoms with Gasteiger partial charge in [-0.15, -0.1) is 24.0 Å². The number of benzene rings is 1. The summed E-state index contributed by atoms with van der Waals surface area (Å²) in [6.07, 6.45) is 1.55. The molecule has 132 valence electrons. The molecule has 2 N–H and O–H groups in total. The average Bonchev–Trinajstić information content (AvgIpc) is 2.93. The van der Waals surface area contributed by atoms with Crippen molar-refractivity contribution in [2.75, 3.05) is 13.6 Å². The largest absolute Gasteiger partial charge is 0.356 e. The molecule has 0 fully saturated rings. The summed E-state index contributed by atoms with van der Waals surface area (Å²) in [5.74, 6) is 1.61. The second-order valence-electron chi connectivity index (χ2n) is 5.97. The van der Waals surface area contributed by atoms with Crippen molar-refractivity contribution in [3.05, 3.63) is 46.5 Å². The second kappa shape index (κ2) is 9.36. The van der Waals surface area contributed by atoms with Gasteiger partial charge in [0.25, 0.3) is 0 Å². The van der Waals surface area contributed by atoms with Gasteiger partial charge in [-0.05, 0) is 17.7 Å². The first kappa shape index (κ1) is 20.9. The first-order valence-electron chi connectivity index (χ1n) is 7.46. The minimum absolute atomic E-state index is 0. The maximum Gasteiger partial charge on any atom is 0.191 e. The zero-order chi connectivity index (χ0) is 16.9. The van der Waals surface area contributed by atoms with Gasteiger partial charge in [0.15, 0.2) is 5.96 Å². The van der Waals surface area contributed by atoms with Crippen LogP contribution >= 0.6 is 39.9 Å². The molecule has 0 aliphatic rings. The molecule has 0 saturated carbocycles. The van der Waals surface area contributed by atoms with Crippen LogP contribution in [0, 0.1) is 0 Å². The molecule has 0 aliphatic heterocycles. The number of hydrogen-bond donors (Lipinski definition) is 2. The van der Waals surface area contributed by atoms with Crippen molar-refractivity contribution in [1.82, 2.24) is 25.4 Å². The van der Waals surface area contributed by atoms with Crippen LogP contribution < -0.4 is 10.6 Å². The van der Waals surface area contributed by atoms with Crippen LogP contribution in [-0.2, 0) is 19.0 Å². The maximum absolute atomic E-state index is 4.26. The van der Waals surface area contributed by atoms with E-state index in [1.165, 1.54) is 5.56 Å². The summed E-state index contributed by atoms with van der Waals surface area (Å²) < 4.78 is 2.83. The highest BCUT2D eigenvalue weighted by molar-refractivity contribution is 14.0. The van der Waals surface area contributed by atoms with Crippen LogP contribution in [0.3, 0.4) is 0 Å². The summed E-state index contributed by atoms with van der Waals surface area (Å²) in [6, 6.07) is 8.39. The molecular formula is C16H24BrIN6. The minimum Gasteiger partial charge on any atom is -0.356 e. The van der Waals surface area contributed by atoms with Crippen molar-refractivity contribution < 1.29 is 0 Å². The number of aryl methyl sites for hydroxylation is 1. The number of aliphatic imine (C=N–C) groups is 1. The lowest BCUT2D eigenvalue weighted by molar-refractivity contribution is 0.507. The fourth-order valence-corrected chi connectivity index (χ4v) is 2.58. The SMILES string of the molecule is CN=C(NCc1ncnn1C)NCC(C)(C)c1cccc(Br)c1.I. The summed E-state index contributed by atoms with van der Waals surface area (Å²) in [4.78, 5) is 8.45. The van der Waals surface area contributed by atoms with E-state index in [4.69, 9.17) is 0 Å². The van der Waals surface area contributed by atoms with E-state index in [-0.39, 0.29) is 29.4 Å². The number of guanidine groups is 1. The normalized spacial score (nSPS) is 11.8. The van der Waals surface area contributed by atoms with E-state index in [1.807, 2.05) is 13.1 Å². The van der Waals surface area contributed by atoms with Gasteiger partial charge < -0.3 is 10.6 Å². The Hall–Kier alpha value is -1.16. The van der Waals surface area contributed by atoms with Crippen molar-refractivity contribution in [3.8, 4) is 0 Å². The molecule has 0 amide bonds. The monoisotopic (exact) mass is 506 g/mol. The van der Waals surface area contributed by atoms with E-state index < -0.39 is 0 Å². The Labute approximate surface area is 168 Å². The van der Waals surface area contributed by atoms with Crippen molar-refractivity contribution in [1.29, 1.82) is 0 Å². The highest BCUT2D eigenvalue weighted by Gasteiger charge is 2.21. The van der Waals surface area contributed by atoms with E-state index in [0.717, 1.165) is 22.8 Å². The van der Waals surface area contributed by atoms with Crippen LogP contribution in [0.15, 0.2) is 40.1 Å². The topological polar surface area (TPSA) is 67.1 Å². The predicted molar refractivity (Wildman–Crippen MR) is 112 cm³/mol. The molecule has 0 unspecified atom stereocenters. The first-order valence-corrected chi connectivity index (χ1v) is 8.25. The van der Waals surface area contributed by atoms with Gasteiger partial charge in [-0.25, -0.2) is 4.98 Å². The molecule has 1 heterocycles. The lowest BCUT2D eigenvalue weighted by Crippen LogP contribution is -2.43. The minimum atomic E-state index is -0.0216.